The van der Waals surface area contributed by atoms with Gasteiger partial charge in [0.05, 0.1) is 4.90 Å². The van der Waals surface area contributed by atoms with E-state index in [1.807, 2.05) is 18.2 Å². The molecule has 154 valence electrons. The smallest absolute Gasteiger partial charge is 0.244 e. The van der Waals surface area contributed by atoms with Gasteiger partial charge in [-0.3, -0.25) is 4.79 Å². The lowest BCUT2D eigenvalue weighted by Crippen LogP contribution is -2.29. The van der Waals surface area contributed by atoms with Crippen molar-refractivity contribution in [1.82, 2.24) is 10.0 Å². The molecule has 0 heterocycles. The van der Waals surface area contributed by atoms with Crippen molar-refractivity contribution in [2.24, 2.45) is 5.92 Å². The molecule has 2 N–H and O–H groups in total. The standard InChI is InChI=1S/C23H28N2O3S/c1-17(2)22(19-6-4-3-5-7-19)16-24-23(26)15-10-18-8-13-21(14-9-18)29(27,28)25-20-11-12-20/h3-10,13-15,17,20,22,25H,11-12,16H2,1-2H3,(H,24,26)/b15-10+. The number of amides is 1. The quantitative estimate of drug-likeness (QED) is 0.617. The Hall–Kier alpha value is -2.44. The SMILES string of the molecule is CC(C)C(CNC(=O)/C=C/c1ccc(S(=O)(=O)NC2CC2)cc1)c1ccccc1. The van der Waals surface area contributed by atoms with Crippen LogP contribution in [0, 0.1) is 5.92 Å². The van der Waals surface area contributed by atoms with Gasteiger partial charge in [0, 0.05) is 24.6 Å². The normalized spacial score (nSPS) is 15.6. The number of sulfonamides is 1. The van der Waals surface area contributed by atoms with Gasteiger partial charge in [-0.1, -0.05) is 56.3 Å². The Morgan fingerprint density at radius 1 is 1.07 bits per heavy atom. The molecular weight excluding hydrogens is 384 g/mol. The molecule has 1 aliphatic carbocycles. The first-order chi connectivity index (χ1) is 13.8. The van der Waals surface area contributed by atoms with E-state index >= 15 is 0 Å². The second kappa shape index (κ2) is 9.37. The molecule has 6 heteroatoms. The maximum Gasteiger partial charge on any atom is 0.244 e. The Balaban J connectivity index is 1.56. The minimum absolute atomic E-state index is 0.0776. The van der Waals surface area contributed by atoms with E-state index in [0.717, 1.165) is 18.4 Å². The van der Waals surface area contributed by atoms with E-state index in [1.54, 1.807) is 30.3 Å². The third kappa shape index (κ3) is 6.27. The molecule has 0 saturated heterocycles. The molecule has 2 aromatic rings. The molecular formula is C23H28N2O3S. The van der Waals surface area contributed by atoms with Crippen LogP contribution in [0.3, 0.4) is 0 Å². The Labute approximate surface area is 173 Å². The van der Waals surface area contributed by atoms with Crippen LogP contribution in [0.1, 0.15) is 43.7 Å². The summed E-state index contributed by atoms with van der Waals surface area (Å²) in [5.74, 6) is 0.483. The number of rotatable bonds is 9. The largest absolute Gasteiger partial charge is 0.352 e. The Kier molecular flexibility index (Phi) is 6.87. The molecule has 1 fully saturated rings. The highest BCUT2D eigenvalue weighted by Crippen LogP contribution is 2.24. The summed E-state index contributed by atoms with van der Waals surface area (Å²) in [4.78, 5) is 12.5. The molecule has 29 heavy (non-hydrogen) atoms. The van der Waals surface area contributed by atoms with Crippen molar-refractivity contribution in [2.75, 3.05) is 6.54 Å². The summed E-state index contributed by atoms with van der Waals surface area (Å²) in [5, 5.41) is 2.97. The van der Waals surface area contributed by atoms with Gasteiger partial charge < -0.3 is 5.32 Å². The third-order valence-corrected chi connectivity index (χ3v) is 6.58. The second-order valence-electron chi connectivity index (χ2n) is 7.80. The van der Waals surface area contributed by atoms with Crippen LogP contribution in [0.25, 0.3) is 6.08 Å². The highest BCUT2D eigenvalue weighted by molar-refractivity contribution is 7.89. The van der Waals surface area contributed by atoms with Crippen LogP contribution < -0.4 is 10.0 Å². The van der Waals surface area contributed by atoms with E-state index in [0.29, 0.717) is 12.5 Å². The van der Waals surface area contributed by atoms with Gasteiger partial charge in [0.2, 0.25) is 15.9 Å². The minimum Gasteiger partial charge on any atom is -0.352 e. The Morgan fingerprint density at radius 3 is 2.31 bits per heavy atom. The fraction of sp³-hybridized carbons (Fsp3) is 0.348. The Bertz CT molecular complexity index is 947. The van der Waals surface area contributed by atoms with Crippen molar-refractivity contribution in [2.45, 2.75) is 43.5 Å². The van der Waals surface area contributed by atoms with E-state index < -0.39 is 10.0 Å². The number of carbonyl (C=O) groups excluding carboxylic acids is 1. The topological polar surface area (TPSA) is 75.3 Å². The summed E-state index contributed by atoms with van der Waals surface area (Å²) in [6.45, 7) is 4.86. The molecule has 1 amide bonds. The van der Waals surface area contributed by atoms with Gasteiger partial charge in [0.1, 0.15) is 0 Å². The van der Waals surface area contributed by atoms with Gasteiger partial charge in [0.25, 0.3) is 0 Å². The van der Waals surface area contributed by atoms with Crippen LogP contribution in [0.2, 0.25) is 0 Å². The van der Waals surface area contributed by atoms with Gasteiger partial charge in [-0.2, -0.15) is 0 Å². The number of benzene rings is 2. The highest BCUT2D eigenvalue weighted by atomic mass is 32.2. The Morgan fingerprint density at radius 2 is 1.72 bits per heavy atom. The van der Waals surface area contributed by atoms with Crippen molar-refractivity contribution in [3.63, 3.8) is 0 Å². The molecule has 1 saturated carbocycles. The maximum absolute atomic E-state index is 12.2. The monoisotopic (exact) mass is 412 g/mol. The van der Waals surface area contributed by atoms with Crippen molar-refractivity contribution in [3.8, 4) is 0 Å². The first kappa shape index (κ1) is 21.3. The molecule has 2 aromatic carbocycles. The number of nitrogens with one attached hydrogen (secondary N) is 2. The summed E-state index contributed by atoms with van der Waals surface area (Å²) in [5.41, 5.74) is 1.98. The lowest BCUT2D eigenvalue weighted by Gasteiger charge is -2.21. The maximum atomic E-state index is 12.2. The van der Waals surface area contributed by atoms with Gasteiger partial charge >= 0.3 is 0 Å². The van der Waals surface area contributed by atoms with E-state index in [2.05, 4.69) is 36.0 Å². The van der Waals surface area contributed by atoms with Crippen LogP contribution in [0.5, 0.6) is 0 Å². The molecule has 0 bridgehead atoms. The minimum atomic E-state index is -3.45. The van der Waals surface area contributed by atoms with Crippen molar-refractivity contribution in [1.29, 1.82) is 0 Å². The summed E-state index contributed by atoms with van der Waals surface area (Å²) in [7, 11) is -3.45. The van der Waals surface area contributed by atoms with Crippen molar-refractivity contribution in [3.05, 3.63) is 71.8 Å². The molecule has 1 aliphatic rings. The van der Waals surface area contributed by atoms with Crippen LogP contribution in [-0.2, 0) is 14.8 Å². The average Bonchev–Trinajstić information content (AvgIpc) is 3.51. The first-order valence-corrected chi connectivity index (χ1v) is 11.5. The zero-order chi connectivity index (χ0) is 20.9. The molecule has 3 rings (SSSR count). The lowest BCUT2D eigenvalue weighted by atomic mass is 9.88. The summed E-state index contributed by atoms with van der Waals surface area (Å²) in [6, 6.07) is 16.8. The zero-order valence-corrected chi connectivity index (χ0v) is 17.7. The van der Waals surface area contributed by atoms with Crippen LogP contribution in [0.4, 0.5) is 0 Å². The molecule has 0 spiro atoms. The molecule has 1 atom stereocenters. The second-order valence-corrected chi connectivity index (χ2v) is 9.52. The van der Waals surface area contributed by atoms with E-state index in [9.17, 15) is 13.2 Å². The number of hydrogen-bond donors (Lipinski definition) is 2. The van der Waals surface area contributed by atoms with Gasteiger partial charge in [-0.25, -0.2) is 13.1 Å². The summed E-state index contributed by atoms with van der Waals surface area (Å²) in [6.07, 6.45) is 4.97. The van der Waals surface area contributed by atoms with Gasteiger partial charge in [0.15, 0.2) is 0 Å². The lowest BCUT2D eigenvalue weighted by molar-refractivity contribution is -0.116. The highest BCUT2D eigenvalue weighted by Gasteiger charge is 2.27. The number of carbonyl (C=O) groups is 1. The van der Waals surface area contributed by atoms with Crippen LogP contribution in [0.15, 0.2) is 65.6 Å². The molecule has 0 aromatic heterocycles. The van der Waals surface area contributed by atoms with Crippen LogP contribution >= 0.6 is 0 Å². The first-order valence-electron chi connectivity index (χ1n) is 9.98. The van der Waals surface area contributed by atoms with E-state index in [4.69, 9.17) is 0 Å². The van der Waals surface area contributed by atoms with Crippen molar-refractivity contribution >= 4 is 22.0 Å². The van der Waals surface area contributed by atoms with Crippen molar-refractivity contribution < 1.29 is 13.2 Å². The molecule has 5 nitrogen and oxygen atoms in total. The number of hydrogen-bond acceptors (Lipinski definition) is 3. The van der Waals surface area contributed by atoms with E-state index in [1.165, 1.54) is 11.6 Å². The van der Waals surface area contributed by atoms with E-state index in [-0.39, 0.29) is 22.8 Å². The average molecular weight is 413 g/mol. The predicted octanol–water partition coefficient (Wildman–Crippen LogP) is 3.70. The molecule has 0 radical (unpaired) electrons. The fourth-order valence-corrected chi connectivity index (χ4v) is 4.43. The van der Waals surface area contributed by atoms with Gasteiger partial charge in [-0.05, 0) is 48.1 Å². The molecule has 0 aliphatic heterocycles. The van der Waals surface area contributed by atoms with Gasteiger partial charge in [-0.15, -0.1) is 0 Å². The predicted molar refractivity (Wildman–Crippen MR) is 116 cm³/mol. The zero-order valence-electron chi connectivity index (χ0n) is 16.8. The third-order valence-electron chi connectivity index (χ3n) is 5.05. The van der Waals surface area contributed by atoms with Crippen LogP contribution in [-0.4, -0.2) is 26.9 Å². The molecule has 1 unspecified atom stereocenters. The fourth-order valence-electron chi connectivity index (χ4n) is 3.13. The summed E-state index contributed by atoms with van der Waals surface area (Å²) >= 11 is 0. The summed E-state index contributed by atoms with van der Waals surface area (Å²) < 4.78 is 27.0.